The van der Waals surface area contributed by atoms with E-state index in [-0.39, 0.29) is 0 Å². The van der Waals surface area contributed by atoms with Gasteiger partial charge in [-0.2, -0.15) is 0 Å². The van der Waals surface area contributed by atoms with Crippen molar-refractivity contribution in [2.75, 3.05) is 11.9 Å². The molecular formula is C15H26BrNS. The van der Waals surface area contributed by atoms with Crippen LogP contribution in [0, 0.1) is 5.41 Å². The number of thiophene rings is 1. The summed E-state index contributed by atoms with van der Waals surface area (Å²) in [5.41, 5.74) is 0.418. The van der Waals surface area contributed by atoms with E-state index in [1.54, 1.807) is 0 Å². The third-order valence-corrected chi connectivity index (χ3v) is 6.04. The van der Waals surface area contributed by atoms with Gasteiger partial charge < -0.3 is 0 Å². The molecule has 0 atom stereocenters. The zero-order valence-corrected chi connectivity index (χ0v) is 14.5. The minimum Gasteiger partial charge on any atom is -0.295 e. The fourth-order valence-corrected chi connectivity index (χ4v) is 3.86. The van der Waals surface area contributed by atoms with Crippen molar-refractivity contribution in [2.45, 2.75) is 53.1 Å². The number of nitrogens with zero attached hydrogens (tertiary/aromatic N) is 1. The molecule has 1 nitrogen and oxygen atoms in total. The van der Waals surface area contributed by atoms with Gasteiger partial charge in [0.2, 0.25) is 0 Å². The van der Waals surface area contributed by atoms with Crippen molar-refractivity contribution >= 4 is 27.3 Å². The van der Waals surface area contributed by atoms with E-state index >= 15 is 0 Å². The van der Waals surface area contributed by atoms with E-state index in [1.807, 2.05) is 11.3 Å². The van der Waals surface area contributed by atoms with Gasteiger partial charge in [0, 0.05) is 29.3 Å². The van der Waals surface area contributed by atoms with E-state index < -0.39 is 0 Å². The lowest BCUT2D eigenvalue weighted by molar-refractivity contribution is 0.123. The summed E-state index contributed by atoms with van der Waals surface area (Å²) >= 11 is 5.59. The van der Waals surface area contributed by atoms with Crippen molar-refractivity contribution in [1.82, 2.24) is 4.90 Å². The molecule has 0 amide bonds. The molecule has 0 aliphatic carbocycles. The van der Waals surface area contributed by atoms with Crippen molar-refractivity contribution in [2.24, 2.45) is 5.41 Å². The lowest BCUT2D eigenvalue weighted by Gasteiger charge is -2.38. The highest BCUT2D eigenvalue weighted by atomic mass is 79.9. The van der Waals surface area contributed by atoms with Crippen LogP contribution in [-0.4, -0.2) is 22.8 Å². The van der Waals surface area contributed by atoms with Crippen LogP contribution in [0.2, 0.25) is 0 Å². The Balaban J connectivity index is 2.73. The third-order valence-electron chi connectivity index (χ3n) is 3.99. The maximum atomic E-state index is 3.72. The molecule has 0 saturated heterocycles. The lowest BCUT2D eigenvalue weighted by Crippen LogP contribution is -2.41. The van der Waals surface area contributed by atoms with Crippen molar-refractivity contribution in [3.63, 3.8) is 0 Å². The second-order valence-corrected chi connectivity index (χ2v) is 7.01. The molecule has 1 heterocycles. The number of alkyl halides is 1. The van der Waals surface area contributed by atoms with E-state index in [0.29, 0.717) is 11.5 Å². The van der Waals surface area contributed by atoms with E-state index in [4.69, 9.17) is 0 Å². The van der Waals surface area contributed by atoms with E-state index in [9.17, 15) is 0 Å². The molecule has 0 N–H and O–H groups in total. The Kier molecular flexibility index (Phi) is 6.89. The van der Waals surface area contributed by atoms with Crippen molar-refractivity contribution < 1.29 is 0 Å². The van der Waals surface area contributed by atoms with Crippen LogP contribution in [-0.2, 0) is 6.54 Å². The maximum absolute atomic E-state index is 3.72. The zero-order chi connectivity index (χ0) is 13.6. The van der Waals surface area contributed by atoms with Crippen LogP contribution in [0.1, 0.15) is 45.4 Å². The van der Waals surface area contributed by atoms with E-state index in [2.05, 4.69) is 66.0 Å². The molecule has 0 aliphatic rings. The molecule has 0 fully saturated rings. The average molecular weight is 332 g/mol. The number of hydrogen-bond donors (Lipinski definition) is 0. The first-order chi connectivity index (χ1) is 8.56. The molecule has 0 aromatic carbocycles. The normalized spacial score (nSPS) is 12.6. The van der Waals surface area contributed by atoms with Crippen LogP contribution in [0.25, 0.3) is 0 Å². The van der Waals surface area contributed by atoms with Crippen LogP contribution in [0.15, 0.2) is 17.5 Å². The highest BCUT2D eigenvalue weighted by molar-refractivity contribution is 9.09. The van der Waals surface area contributed by atoms with Crippen LogP contribution in [0.5, 0.6) is 0 Å². The minimum atomic E-state index is 0.418. The van der Waals surface area contributed by atoms with Gasteiger partial charge in [-0.05, 0) is 43.6 Å². The fourth-order valence-electron chi connectivity index (χ4n) is 2.16. The van der Waals surface area contributed by atoms with Gasteiger partial charge in [-0.25, -0.2) is 0 Å². The monoisotopic (exact) mass is 331 g/mol. The summed E-state index contributed by atoms with van der Waals surface area (Å²) in [6, 6.07) is 4.99. The van der Waals surface area contributed by atoms with Crippen LogP contribution in [0.3, 0.4) is 0 Å². The topological polar surface area (TPSA) is 3.24 Å². The number of halogens is 1. The Morgan fingerprint density at radius 1 is 1.33 bits per heavy atom. The molecule has 0 aliphatic heterocycles. The molecule has 18 heavy (non-hydrogen) atoms. The van der Waals surface area contributed by atoms with Crippen molar-refractivity contribution in [3.05, 3.63) is 22.4 Å². The molecule has 0 bridgehead atoms. The van der Waals surface area contributed by atoms with Gasteiger partial charge in [-0.3, -0.25) is 4.90 Å². The second-order valence-electron chi connectivity index (χ2n) is 5.42. The van der Waals surface area contributed by atoms with Crippen LogP contribution in [0.4, 0.5) is 0 Å². The smallest absolute Gasteiger partial charge is 0.0330 e. The summed E-state index contributed by atoms with van der Waals surface area (Å²) in [5, 5.41) is 3.27. The molecule has 104 valence electrons. The molecule has 0 saturated carbocycles. The van der Waals surface area contributed by atoms with Gasteiger partial charge in [-0.1, -0.05) is 35.8 Å². The Bertz CT molecular complexity index is 309. The first-order valence-electron chi connectivity index (χ1n) is 6.89. The predicted octanol–water partition coefficient (Wildman–Crippen LogP) is 5.16. The average Bonchev–Trinajstić information content (AvgIpc) is 2.87. The molecule has 3 heteroatoms. The van der Waals surface area contributed by atoms with Gasteiger partial charge >= 0.3 is 0 Å². The van der Waals surface area contributed by atoms with E-state index in [0.717, 1.165) is 11.9 Å². The molecule has 0 spiro atoms. The highest BCUT2D eigenvalue weighted by Crippen LogP contribution is 2.31. The first kappa shape index (κ1) is 16.2. The third kappa shape index (κ3) is 4.36. The fraction of sp³-hybridized carbons (Fsp3) is 0.733. The molecule has 0 radical (unpaired) electrons. The maximum Gasteiger partial charge on any atom is 0.0330 e. The molecule has 1 aromatic rings. The molecular weight excluding hydrogens is 306 g/mol. The SMILES string of the molecule is CCC(CC)(CBr)CN(Cc1cccs1)C(C)C. The standard InChI is InChI=1S/C15H26BrNS/c1-5-15(6-2,11-16)12-17(13(3)4)10-14-8-7-9-18-14/h7-9,13H,5-6,10-12H2,1-4H3. The zero-order valence-electron chi connectivity index (χ0n) is 12.1. The Morgan fingerprint density at radius 2 is 2.00 bits per heavy atom. The first-order valence-corrected chi connectivity index (χ1v) is 8.89. The molecule has 1 rings (SSSR count). The number of hydrogen-bond acceptors (Lipinski definition) is 2. The summed E-state index contributed by atoms with van der Waals surface area (Å²) < 4.78 is 0. The quantitative estimate of drug-likeness (QED) is 0.594. The Labute approximate surface area is 125 Å². The van der Waals surface area contributed by atoms with Crippen molar-refractivity contribution in [3.8, 4) is 0 Å². The largest absolute Gasteiger partial charge is 0.295 e. The minimum absolute atomic E-state index is 0.418. The van der Waals surface area contributed by atoms with Crippen molar-refractivity contribution in [1.29, 1.82) is 0 Å². The predicted molar refractivity (Wildman–Crippen MR) is 86.7 cm³/mol. The van der Waals surface area contributed by atoms with Gasteiger partial charge in [0.25, 0.3) is 0 Å². The highest BCUT2D eigenvalue weighted by Gasteiger charge is 2.28. The van der Waals surface area contributed by atoms with Gasteiger partial charge in [-0.15, -0.1) is 11.3 Å². The van der Waals surface area contributed by atoms with E-state index in [1.165, 1.54) is 24.3 Å². The van der Waals surface area contributed by atoms with Gasteiger partial charge in [0.15, 0.2) is 0 Å². The van der Waals surface area contributed by atoms with Gasteiger partial charge in [0.1, 0.15) is 0 Å². The summed E-state index contributed by atoms with van der Waals surface area (Å²) in [6.07, 6.45) is 2.48. The second kappa shape index (κ2) is 7.66. The summed E-state index contributed by atoms with van der Waals surface area (Å²) in [5.74, 6) is 0. The summed E-state index contributed by atoms with van der Waals surface area (Å²) in [6.45, 7) is 11.5. The van der Waals surface area contributed by atoms with Crippen LogP contribution >= 0.6 is 27.3 Å². The Hall–Kier alpha value is 0.140. The number of rotatable bonds is 8. The lowest BCUT2D eigenvalue weighted by atomic mass is 9.83. The van der Waals surface area contributed by atoms with Gasteiger partial charge in [0.05, 0.1) is 0 Å². The molecule has 1 aromatic heterocycles. The summed E-state index contributed by atoms with van der Waals surface area (Å²) in [4.78, 5) is 4.08. The Morgan fingerprint density at radius 3 is 2.39 bits per heavy atom. The molecule has 0 unspecified atom stereocenters. The summed E-state index contributed by atoms with van der Waals surface area (Å²) in [7, 11) is 0. The van der Waals surface area contributed by atoms with Crippen LogP contribution < -0.4 is 0 Å².